The molecule has 0 spiro atoms. The van der Waals surface area contributed by atoms with E-state index < -0.39 is 0 Å². The predicted octanol–water partition coefficient (Wildman–Crippen LogP) is 6.35. The zero-order chi connectivity index (χ0) is 20.8. The number of carbonyl (C=O) groups is 1. The van der Waals surface area contributed by atoms with E-state index in [1.54, 1.807) is 0 Å². The van der Waals surface area contributed by atoms with E-state index in [-0.39, 0.29) is 12.5 Å². The second-order valence-electron chi connectivity index (χ2n) is 6.76. The van der Waals surface area contributed by atoms with Crippen LogP contribution in [0.25, 0.3) is 0 Å². The van der Waals surface area contributed by atoms with Crippen LogP contribution < -0.4 is 15.4 Å². The Morgan fingerprint density at radius 1 is 0.966 bits per heavy atom. The number of hydrogen-bond donors (Lipinski definition) is 2. The monoisotopic (exact) mass is 472 g/mol. The fourth-order valence-corrected chi connectivity index (χ4v) is 3.37. The molecule has 0 aliphatic heterocycles. The van der Waals surface area contributed by atoms with Gasteiger partial charge in [-0.15, -0.1) is 0 Å². The fraction of sp³-hybridized carbons (Fsp3) is 0.174. The number of ether oxygens (including phenoxy) is 1. The van der Waals surface area contributed by atoms with E-state index in [1.165, 1.54) is 5.56 Å². The summed E-state index contributed by atoms with van der Waals surface area (Å²) in [4.78, 5) is 12.2. The average Bonchev–Trinajstić information content (AvgIpc) is 2.69. The normalized spacial score (nSPS) is 10.5. The molecule has 0 unspecified atom stereocenters. The Balaban J connectivity index is 1.52. The molecule has 0 radical (unpaired) electrons. The van der Waals surface area contributed by atoms with Gasteiger partial charge in [0.1, 0.15) is 5.75 Å². The van der Waals surface area contributed by atoms with Gasteiger partial charge in [0.05, 0.1) is 4.47 Å². The molecule has 0 aromatic heterocycles. The number of halogens is 2. The first-order valence-corrected chi connectivity index (χ1v) is 10.4. The summed E-state index contributed by atoms with van der Waals surface area (Å²) >= 11 is 9.42. The van der Waals surface area contributed by atoms with Crippen molar-refractivity contribution in [3.63, 3.8) is 0 Å². The second-order valence-corrected chi connectivity index (χ2v) is 8.05. The SMILES string of the molecule is Cc1ccc(NC(=O)COc2ccc(CNc3ccc(Cl)cc3)cc2Br)cc1C. The second kappa shape index (κ2) is 9.81. The smallest absolute Gasteiger partial charge is 0.262 e. The van der Waals surface area contributed by atoms with Crippen LogP contribution >= 0.6 is 27.5 Å². The van der Waals surface area contributed by atoms with Crippen molar-refractivity contribution in [3.8, 4) is 5.75 Å². The summed E-state index contributed by atoms with van der Waals surface area (Å²) in [6.45, 7) is 4.65. The first-order valence-electron chi connectivity index (χ1n) is 9.18. The molecule has 0 aliphatic carbocycles. The predicted molar refractivity (Wildman–Crippen MR) is 123 cm³/mol. The summed E-state index contributed by atoms with van der Waals surface area (Å²) in [6, 6.07) is 19.2. The highest BCUT2D eigenvalue weighted by Gasteiger charge is 2.08. The molecule has 4 nitrogen and oxygen atoms in total. The molecule has 0 heterocycles. The van der Waals surface area contributed by atoms with Gasteiger partial charge in [-0.25, -0.2) is 0 Å². The summed E-state index contributed by atoms with van der Waals surface area (Å²) in [5, 5.41) is 6.90. The molecule has 2 N–H and O–H groups in total. The van der Waals surface area contributed by atoms with Crippen molar-refractivity contribution in [1.29, 1.82) is 0 Å². The fourth-order valence-electron chi connectivity index (χ4n) is 2.70. The third-order valence-corrected chi connectivity index (χ3v) is 5.36. The van der Waals surface area contributed by atoms with Gasteiger partial charge in [0.2, 0.25) is 0 Å². The minimum atomic E-state index is -0.200. The van der Waals surface area contributed by atoms with Gasteiger partial charge in [0, 0.05) is 22.9 Å². The highest BCUT2D eigenvalue weighted by atomic mass is 79.9. The Bertz CT molecular complexity index is 1010. The van der Waals surface area contributed by atoms with Crippen LogP contribution in [-0.2, 0) is 11.3 Å². The Hall–Kier alpha value is -2.50. The summed E-state index contributed by atoms with van der Waals surface area (Å²) in [5.74, 6) is 0.420. The van der Waals surface area contributed by atoms with Crippen LogP contribution in [0.4, 0.5) is 11.4 Å². The van der Waals surface area contributed by atoms with Gasteiger partial charge in [-0.3, -0.25) is 4.79 Å². The van der Waals surface area contributed by atoms with Gasteiger partial charge in [0.15, 0.2) is 6.61 Å². The van der Waals surface area contributed by atoms with E-state index >= 15 is 0 Å². The van der Waals surface area contributed by atoms with Crippen LogP contribution in [0.15, 0.2) is 65.1 Å². The highest BCUT2D eigenvalue weighted by Crippen LogP contribution is 2.26. The third kappa shape index (κ3) is 6.24. The van der Waals surface area contributed by atoms with Gasteiger partial charge >= 0.3 is 0 Å². The van der Waals surface area contributed by atoms with Crippen molar-refractivity contribution in [2.24, 2.45) is 0 Å². The van der Waals surface area contributed by atoms with Crippen LogP contribution in [0.1, 0.15) is 16.7 Å². The minimum absolute atomic E-state index is 0.0616. The van der Waals surface area contributed by atoms with Crippen molar-refractivity contribution >= 4 is 44.8 Å². The quantitative estimate of drug-likeness (QED) is 0.420. The molecule has 0 bridgehead atoms. The Morgan fingerprint density at radius 3 is 2.38 bits per heavy atom. The molecule has 0 fully saturated rings. The molecular weight excluding hydrogens is 452 g/mol. The summed E-state index contributed by atoms with van der Waals surface area (Å²) < 4.78 is 6.46. The first-order chi connectivity index (χ1) is 13.9. The van der Waals surface area contributed by atoms with Crippen LogP contribution in [0.2, 0.25) is 5.02 Å². The van der Waals surface area contributed by atoms with Crippen LogP contribution in [0, 0.1) is 13.8 Å². The maximum absolute atomic E-state index is 12.2. The topological polar surface area (TPSA) is 50.4 Å². The minimum Gasteiger partial charge on any atom is -0.483 e. The van der Waals surface area contributed by atoms with Crippen LogP contribution in [0.5, 0.6) is 5.75 Å². The maximum atomic E-state index is 12.2. The molecule has 3 aromatic rings. The molecule has 0 aliphatic rings. The molecular formula is C23H22BrClN2O2. The lowest BCUT2D eigenvalue weighted by atomic mass is 10.1. The van der Waals surface area contributed by atoms with Gasteiger partial charge in [-0.1, -0.05) is 23.7 Å². The van der Waals surface area contributed by atoms with E-state index in [0.29, 0.717) is 17.3 Å². The van der Waals surface area contributed by atoms with E-state index in [2.05, 4.69) is 26.6 Å². The molecule has 1 amide bonds. The molecule has 0 atom stereocenters. The molecule has 3 rings (SSSR count). The van der Waals surface area contributed by atoms with Crippen molar-refractivity contribution in [2.75, 3.05) is 17.2 Å². The van der Waals surface area contributed by atoms with Gasteiger partial charge in [-0.05, 0) is 95.0 Å². The summed E-state index contributed by atoms with van der Waals surface area (Å²) in [5.41, 5.74) is 5.17. The lowest BCUT2D eigenvalue weighted by molar-refractivity contribution is -0.118. The van der Waals surface area contributed by atoms with Gasteiger partial charge in [-0.2, -0.15) is 0 Å². The van der Waals surface area contributed by atoms with Crippen LogP contribution in [0.3, 0.4) is 0 Å². The zero-order valence-corrected chi connectivity index (χ0v) is 18.6. The Kier molecular flexibility index (Phi) is 7.18. The Morgan fingerprint density at radius 2 is 1.69 bits per heavy atom. The Labute approximate surface area is 184 Å². The number of amides is 1. The lowest BCUT2D eigenvalue weighted by Gasteiger charge is -2.12. The number of hydrogen-bond acceptors (Lipinski definition) is 3. The number of rotatable bonds is 7. The third-order valence-electron chi connectivity index (χ3n) is 4.49. The average molecular weight is 474 g/mol. The van der Waals surface area contributed by atoms with Gasteiger partial charge in [0.25, 0.3) is 5.91 Å². The molecule has 0 saturated carbocycles. The van der Waals surface area contributed by atoms with Crippen molar-refractivity contribution in [3.05, 3.63) is 86.8 Å². The van der Waals surface area contributed by atoms with E-state index in [1.807, 2.05) is 74.5 Å². The van der Waals surface area contributed by atoms with E-state index in [4.69, 9.17) is 16.3 Å². The van der Waals surface area contributed by atoms with E-state index in [0.717, 1.165) is 27.0 Å². The van der Waals surface area contributed by atoms with Crippen molar-refractivity contribution < 1.29 is 9.53 Å². The zero-order valence-electron chi connectivity index (χ0n) is 16.3. The number of nitrogens with one attached hydrogen (secondary N) is 2. The molecule has 150 valence electrons. The number of carbonyl (C=O) groups excluding carboxylic acids is 1. The van der Waals surface area contributed by atoms with E-state index in [9.17, 15) is 4.79 Å². The van der Waals surface area contributed by atoms with Crippen molar-refractivity contribution in [1.82, 2.24) is 0 Å². The largest absolute Gasteiger partial charge is 0.483 e. The van der Waals surface area contributed by atoms with Crippen LogP contribution in [-0.4, -0.2) is 12.5 Å². The summed E-state index contributed by atoms with van der Waals surface area (Å²) in [7, 11) is 0. The summed E-state index contributed by atoms with van der Waals surface area (Å²) in [6.07, 6.45) is 0. The lowest BCUT2D eigenvalue weighted by Crippen LogP contribution is -2.20. The molecule has 0 saturated heterocycles. The standard InChI is InChI=1S/C23H22BrClN2O2/c1-15-3-7-20(11-16(15)2)27-23(28)14-29-22-10-4-17(12-21(22)24)13-26-19-8-5-18(25)6-9-19/h3-12,26H,13-14H2,1-2H3,(H,27,28). The van der Waals surface area contributed by atoms with Gasteiger partial charge < -0.3 is 15.4 Å². The molecule has 29 heavy (non-hydrogen) atoms. The number of anilines is 2. The van der Waals surface area contributed by atoms with Crippen molar-refractivity contribution in [2.45, 2.75) is 20.4 Å². The first kappa shape index (κ1) is 21.2. The number of benzene rings is 3. The molecule has 6 heteroatoms. The maximum Gasteiger partial charge on any atom is 0.262 e. The highest BCUT2D eigenvalue weighted by molar-refractivity contribution is 9.10. The number of aryl methyl sites for hydroxylation is 2. The molecule has 3 aromatic carbocycles.